The number of hydrogen-bond acceptors (Lipinski definition) is 5. The summed E-state index contributed by atoms with van der Waals surface area (Å²) in [5, 5.41) is 2.95. The van der Waals surface area contributed by atoms with Crippen molar-refractivity contribution in [2.75, 3.05) is 24.5 Å². The molecular formula is C33H43N3O5S. The zero-order valence-corrected chi connectivity index (χ0v) is 26.1. The first-order chi connectivity index (χ1) is 20.1. The maximum Gasteiger partial charge on any atom is 0.264 e. The summed E-state index contributed by atoms with van der Waals surface area (Å²) in [6, 6.07) is 21.8. The van der Waals surface area contributed by atoms with E-state index in [2.05, 4.69) is 19.2 Å². The van der Waals surface area contributed by atoms with Crippen molar-refractivity contribution in [2.45, 2.75) is 70.4 Å². The van der Waals surface area contributed by atoms with Gasteiger partial charge in [0, 0.05) is 13.1 Å². The molecule has 0 heterocycles. The number of anilines is 1. The molecule has 1 N–H and O–H groups in total. The highest BCUT2D eigenvalue weighted by Crippen LogP contribution is 2.27. The third-order valence-corrected chi connectivity index (χ3v) is 8.95. The van der Waals surface area contributed by atoms with E-state index < -0.39 is 28.5 Å². The van der Waals surface area contributed by atoms with E-state index in [1.165, 1.54) is 17.0 Å². The van der Waals surface area contributed by atoms with Crippen LogP contribution in [0.2, 0.25) is 0 Å². The Hall–Kier alpha value is -3.85. The highest BCUT2D eigenvalue weighted by molar-refractivity contribution is 7.92. The minimum atomic E-state index is -4.10. The van der Waals surface area contributed by atoms with Crippen LogP contribution in [0.5, 0.6) is 5.75 Å². The number of carbonyl (C=O) groups excluding carboxylic acids is 2. The zero-order valence-electron chi connectivity index (χ0n) is 25.2. The van der Waals surface area contributed by atoms with Crippen LogP contribution in [0.4, 0.5) is 5.69 Å². The molecule has 0 aromatic heterocycles. The largest absolute Gasteiger partial charge is 0.497 e. The van der Waals surface area contributed by atoms with Crippen LogP contribution in [-0.4, -0.2) is 51.4 Å². The molecule has 0 fully saturated rings. The van der Waals surface area contributed by atoms with Gasteiger partial charge in [0.05, 0.1) is 17.7 Å². The predicted octanol–water partition coefficient (Wildman–Crippen LogP) is 5.74. The Labute approximate surface area is 250 Å². The van der Waals surface area contributed by atoms with Crippen LogP contribution < -0.4 is 14.4 Å². The third-order valence-electron chi connectivity index (χ3n) is 7.16. The second-order valence-corrected chi connectivity index (χ2v) is 12.4. The van der Waals surface area contributed by atoms with E-state index >= 15 is 0 Å². The number of nitrogens with zero attached hydrogens (tertiary/aromatic N) is 2. The SMILES string of the molecule is CCCCNC(=O)[C@H](CC)N(Cc1cccc(OC)c1)C(=O)CN(c1ccc(C(C)C)cc1)S(=O)(=O)c1ccccc1. The Kier molecular flexibility index (Phi) is 12.0. The van der Waals surface area contributed by atoms with Crippen molar-refractivity contribution in [1.82, 2.24) is 10.2 Å². The third kappa shape index (κ3) is 8.35. The molecule has 3 aromatic carbocycles. The first kappa shape index (κ1) is 32.7. The quantitative estimate of drug-likeness (QED) is 0.227. The summed E-state index contributed by atoms with van der Waals surface area (Å²) in [6.07, 6.45) is 2.11. The van der Waals surface area contributed by atoms with Crippen LogP contribution in [0, 0.1) is 0 Å². The second-order valence-electron chi connectivity index (χ2n) is 10.5. The lowest BCUT2D eigenvalue weighted by molar-refractivity contribution is -0.140. The number of amides is 2. The van der Waals surface area contributed by atoms with Crippen molar-refractivity contribution in [2.24, 2.45) is 0 Å². The summed E-state index contributed by atoms with van der Waals surface area (Å²) in [7, 11) is -2.54. The number of rotatable bonds is 15. The van der Waals surface area contributed by atoms with Gasteiger partial charge in [0.25, 0.3) is 10.0 Å². The molecule has 0 aliphatic heterocycles. The Morgan fingerprint density at radius 3 is 2.21 bits per heavy atom. The van der Waals surface area contributed by atoms with Gasteiger partial charge in [0.2, 0.25) is 11.8 Å². The number of benzene rings is 3. The minimum absolute atomic E-state index is 0.0782. The molecule has 8 nitrogen and oxygen atoms in total. The summed E-state index contributed by atoms with van der Waals surface area (Å²) in [5.74, 6) is 0.136. The number of carbonyl (C=O) groups is 2. The van der Waals surface area contributed by atoms with Crippen molar-refractivity contribution >= 4 is 27.5 Å². The monoisotopic (exact) mass is 593 g/mol. The fraction of sp³-hybridized carbons (Fsp3) is 0.394. The smallest absolute Gasteiger partial charge is 0.264 e. The van der Waals surface area contributed by atoms with Gasteiger partial charge in [0.1, 0.15) is 18.3 Å². The van der Waals surface area contributed by atoms with Crippen molar-refractivity contribution in [1.29, 1.82) is 0 Å². The standard InChI is InChI=1S/C33H43N3O5S/c1-6-8-21-34-33(38)31(7-2)35(23-26-13-12-14-29(22-26)41-5)32(37)24-36(28-19-17-27(18-20-28)25(3)4)42(39,40)30-15-10-9-11-16-30/h9-20,22,25,31H,6-8,21,23-24H2,1-5H3,(H,34,38)/t31-/m0/s1. The maximum atomic E-state index is 14.2. The van der Waals surface area contributed by atoms with E-state index in [1.807, 2.05) is 44.2 Å². The van der Waals surface area contributed by atoms with Gasteiger partial charge in [0.15, 0.2) is 0 Å². The lowest BCUT2D eigenvalue weighted by Crippen LogP contribution is -2.52. The molecule has 0 aliphatic rings. The molecule has 9 heteroatoms. The number of ether oxygens (including phenoxy) is 1. The fourth-order valence-electron chi connectivity index (χ4n) is 4.67. The van der Waals surface area contributed by atoms with Gasteiger partial charge in [-0.15, -0.1) is 0 Å². The lowest BCUT2D eigenvalue weighted by atomic mass is 10.0. The van der Waals surface area contributed by atoms with E-state index in [9.17, 15) is 18.0 Å². The van der Waals surface area contributed by atoms with Crippen LogP contribution in [0.3, 0.4) is 0 Å². The molecule has 42 heavy (non-hydrogen) atoms. The van der Waals surface area contributed by atoms with Gasteiger partial charge in [-0.2, -0.15) is 0 Å². The molecule has 0 radical (unpaired) electrons. The lowest BCUT2D eigenvalue weighted by Gasteiger charge is -2.33. The van der Waals surface area contributed by atoms with Crippen LogP contribution in [-0.2, 0) is 26.2 Å². The van der Waals surface area contributed by atoms with E-state index in [-0.39, 0.29) is 23.3 Å². The summed E-state index contributed by atoms with van der Waals surface area (Å²) >= 11 is 0. The molecule has 226 valence electrons. The highest BCUT2D eigenvalue weighted by Gasteiger charge is 2.33. The highest BCUT2D eigenvalue weighted by atomic mass is 32.2. The molecule has 0 saturated heterocycles. The Morgan fingerprint density at radius 1 is 0.929 bits per heavy atom. The first-order valence-electron chi connectivity index (χ1n) is 14.5. The number of sulfonamides is 1. The Balaban J connectivity index is 2.05. The van der Waals surface area contributed by atoms with E-state index in [0.717, 1.165) is 28.3 Å². The topological polar surface area (TPSA) is 96.0 Å². The zero-order chi connectivity index (χ0) is 30.7. The summed E-state index contributed by atoms with van der Waals surface area (Å²) in [4.78, 5) is 29.1. The van der Waals surface area contributed by atoms with E-state index in [0.29, 0.717) is 24.4 Å². The fourth-order valence-corrected chi connectivity index (χ4v) is 6.10. The van der Waals surface area contributed by atoms with Gasteiger partial charge >= 0.3 is 0 Å². The predicted molar refractivity (Wildman–Crippen MR) is 167 cm³/mol. The Morgan fingerprint density at radius 2 is 1.62 bits per heavy atom. The van der Waals surface area contributed by atoms with Crippen LogP contribution in [0.25, 0.3) is 0 Å². The normalized spacial score (nSPS) is 12.0. The summed E-state index contributed by atoms with van der Waals surface area (Å²) in [6.45, 7) is 8.15. The molecule has 0 unspecified atom stereocenters. The van der Waals surface area contributed by atoms with Gasteiger partial charge in [-0.1, -0.05) is 76.6 Å². The molecular weight excluding hydrogens is 550 g/mol. The van der Waals surface area contributed by atoms with E-state index in [1.54, 1.807) is 43.5 Å². The van der Waals surface area contributed by atoms with Crippen LogP contribution in [0.15, 0.2) is 83.8 Å². The Bertz CT molecular complexity index is 1410. The summed E-state index contributed by atoms with van der Waals surface area (Å²) < 4.78 is 34.4. The average Bonchev–Trinajstić information content (AvgIpc) is 3.00. The number of nitrogens with one attached hydrogen (secondary N) is 1. The molecule has 3 rings (SSSR count). The molecule has 0 spiro atoms. The molecule has 1 atom stereocenters. The van der Waals surface area contributed by atoms with Crippen LogP contribution in [0.1, 0.15) is 64.0 Å². The molecule has 0 aliphatic carbocycles. The van der Waals surface area contributed by atoms with Crippen molar-refractivity contribution in [3.63, 3.8) is 0 Å². The van der Waals surface area contributed by atoms with Gasteiger partial charge < -0.3 is 15.0 Å². The van der Waals surface area contributed by atoms with E-state index in [4.69, 9.17) is 4.74 Å². The van der Waals surface area contributed by atoms with Crippen LogP contribution >= 0.6 is 0 Å². The molecule has 0 bridgehead atoms. The number of methoxy groups -OCH3 is 1. The first-order valence-corrected chi connectivity index (χ1v) is 15.9. The minimum Gasteiger partial charge on any atom is -0.497 e. The molecule has 0 saturated carbocycles. The number of hydrogen-bond donors (Lipinski definition) is 1. The average molecular weight is 594 g/mol. The van der Waals surface area contributed by atoms with Gasteiger partial charge in [-0.25, -0.2) is 8.42 Å². The van der Waals surface area contributed by atoms with Gasteiger partial charge in [-0.3, -0.25) is 13.9 Å². The molecule has 2 amide bonds. The second kappa shape index (κ2) is 15.4. The maximum absolute atomic E-state index is 14.2. The van der Waals surface area contributed by atoms with Crippen molar-refractivity contribution in [3.05, 3.63) is 90.0 Å². The summed E-state index contributed by atoms with van der Waals surface area (Å²) in [5.41, 5.74) is 2.19. The van der Waals surface area contributed by atoms with Crippen molar-refractivity contribution in [3.8, 4) is 5.75 Å². The van der Waals surface area contributed by atoms with Gasteiger partial charge in [-0.05, 0) is 66.3 Å². The molecule has 3 aromatic rings. The van der Waals surface area contributed by atoms with Crippen molar-refractivity contribution < 1.29 is 22.7 Å². The number of unbranched alkanes of at least 4 members (excludes halogenated alkanes) is 1.